The molecule has 4 rings (SSSR count). The van der Waals surface area contributed by atoms with Crippen molar-refractivity contribution < 1.29 is 18.7 Å². The maximum Gasteiger partial charge on any atom is 0.322 e. The molecule has 2 aromatic heterocycles. The number of aromatic nitrogens is 3. The van der Waals surface area contributed by atoms with Gasteiger partial charge in [-0.1, -0.05) is 23.7 Å². The minimum atomic E-state index is -0.282. The molecule has 1 N–H and O–H groups in total. The van der Waals surface area contributed by atoms with Crippen molar-refractivity contribution in [3.63, 3.8) is 0 Å². The van der Waals surface area contributed by atoms with Crippen molar-refractivity contribution in [3.8, 4) is 5.75 Å². The number of hydrogen-bond acceptors (Lipinski definition) is 5. The van der Waals surface area contributed by atoms with Gasteiger partial charge in [-0.2, -0.15) is 5.10 Å². The first-order chi connectivity index (χ1) is 15.1. The van der Waals surface area contributed by atoms with E-state index in [0.717, 1.165) is 5.56 Å². The number of nitrogens with one attached hydrogen (secondary N) is 1. The molecule has 1 fully saturated rings. The number of amides is 2. The van der Waals surface area contributed by atoms with Gasteiger partial charge in [0.25, 0.3) is 0 Å². The summed E-state index contributed by atoms with van der Waals surface area (Å²) in [6.45, 7) is 1.99. The first-order valence-electron chi connectivity index (χ1n) is 9.74. The van der Waals surface area contributed by atoms with Gasteiger partial charge in [-0.15, -0.1) is 0 Å². The van der Waals surface area contributed by atoms with Crippen LogP contribution in [-0.2, 0) is 11.3 Å². The largest absolute Gasteiger partial charge is 0.488 e. The molecule has 1 saturated heterocycles. The summed E-state index contributed by atoms with van der Waals surface area (Å²) in [5.41, 5.74) is 1.49. The smallest absolute Gasteiger partial charge is 0.322 e. The van der Waals surface area contributed by atoms with Crippen LogP contribution < -0.4 is 10.1 Å². The molecule has 1 aromatic carbocycles. The number of anilines is 1. The number of pyridine rings is 1. The van der Waals surface area contributed by atoms with E-state index in [1.165, 1.54) is 12.1 Å². The highest BCUT2D eigenvalue weighted by Crippen LogP contribution is 2.21. The highest BCUT2D eigenvalue weighted by molar-refractivity contribution is 6.30. The lowest BCUT2D eigenvalue weighted by atomic mass is 10.2. The second-order valence-corrected chi connectivity index (χ2v) is 7.38. The van der Waals surface area contributed by atoms with Crippen LogP contribution in [0.4, 0.5) is 14.9 Å². The Kier molecular flexibility index (Phi) is 6.63. The summed E-state index contributed by atoms with van der Waals surface area (Å²) in [4.78, 5) is 18.3. The van der Waals surface area contributed by atoms with Crippen LogP contribution in [0.25, 0.3) is 0 Å². The van der Waals surface area contributed by atoms with Gasteiger partial charge < -0.3 is 19.7 Å². The van der Waals surface area contributed by atoms with E-state index in [9.17, 15) is 9.18 Å². The Balaban J connectivity index is 1.28. The molecule has 1 aliphatic heterocycles. The third kappa shape index (κ3) is 5.71. The van der Waals surface area contributed by atoms with E-state index in [-0.39, 0.29) is 29.7 Å². The Morgan fingerprint density at radius 1 is 1.32 bits per heavy atom. The van der Waals surface area contributed by atoms with E-state index in [1.807, 2.05) is 0 Å². The van der Waals surface area contributed by atoms with Crippen molar-refractivity contribution in [2.24, 2.45) is 0 Å². The van der Waals surface area contributed by atoms with Gasteiger partial charge in [0.1, 0.15) is 18.5 Å². The highest BCUT2D eigenvalue weighted by Gasteiger charge is 2.25. The number of carbonyl (C=O) groups excluding carboxylic acids is 1. The maximum absolute atomic E-state index is 13.0. The summed E-state index contributed by atoms with van der Waals surface area (Å²) in [5.74, 6) is 0.192. The number of benzene rings is 1. The number of halogens is 2. The minimum absolute atomic E-state index is 0.242. The van der Waals surface area contributed by atoms with E-state index in [4.69, 9.17) is 21.1 Å². The first kappa shape index (κ1) is 21.1. The number of hydrogen-bond donors (Lipinski definition) is 1. The number of morpholine rings is 1. The van der Waals surface area contributed by atoms with E-state index >= 15 is 0 Å². The fourth-order valence-electron chi connectivity index (χ4n) is 3.16. The lowest BCUT2D eigenvalue weighted by Gasteiger charge is -2.32. The molecule has 3 heterocycles. The van der Waals surface area contributed by atoms with Crippen LogP contribution in [0, 0.1) is 5.82 Å². The Morgan fingerprint density at radius 3 is 2.97 bits per heavy atom. The maximum atomic E-state index is 13.0. The van der Waals surface area contributed by atoms with E-state index in [1.54, 1.807) is 52.4 Å². The van der Waals surface area contributed by atoms with Crippen LogP contribution in [0.1, 0.15) is 5.56 Å². The summed E-state index contributed by atoms with van der Waals surface area (Å²) in [7, 11) is 0. The Bertz CT molecular complexity index is 1030. The first-order valence-corrected chi connectivity index (χ1v) is 10.1. The van der Waals surface area contributed by atoms with Gasteiger partial charge in [0, 0.05) is 18.9 Å². The SMILES string of the molecule is O=C(Nc1cnn(Cc2ccc(F)cc2)c1)N1CCOC(COc2cccnc2Cl)C1. The normalized spacial score (nSPS) is 16.2. The van der Waals surface area contributed by atoms with Gasteiger partial charge in [-0.05, 0) is 29.8 Å². The van der Waals surface area contributed by atoms with Crippen molar-refractivity contribution in [1.29, 1.82) is 0 Å². The molecule has 0 saturated carbocycles. The Labute approximate surface area is 183 Å². The lowest BCUT2D eigenvalue weighted by Crippen LogP contribution is -2.49. The van der Waals surface area contributed by atoms with Gasteiger partial charge in [-0.3, -0.25) is 4.68 Å². The second kappa shape index (κ2) is 9.76. The Hall–Kier alpha value is -3.17. The van der Waals surface area contributed by atoms with Crippen LogP contribution >= 0.6 is 11.6 Å². The van der Waals surface area contributed by atoms with Crippen molar-refractivity contribution >= 4 is 23.3 Å². The molecule has 10 heteroatoms. The summed E-state index contributed by atoms with van der Waals surface area (Å²) in [6.07, 6.45) is 4.61. The Morgan fingerprint density at radius 2 is 2.16 bits per heavy atom. The summed E-state index contributed by atoms with van der Waals surface area (Å²) in [6, 6.07) is 9.43. The van der Waals surface area contributed by atoms with Crippen LogP contribution in [0.5, 0.6) is 5.75 Å². The minimum Gasteiger partial charge on any atom is -0.488 e. The van der Waals surface area contributed by atoms with Gasteiger partial charge in [-0.25, -0.2) is 14.2 Å². The summed E-state index contributed by atoms with van der Waals surface area (Å²) < 4.78 is 26.1. The molecule has 0 aliphatic carbocycles. The van der Waals surface area contributed by atoms with Gasteiger partial charge in [0.15, 0.2) is 10.9 Å². The monoisotopic (exact) mass is 445 g/mol. The molecule has 2 amide bonds. The van der Waals surface area contributed by atoms with Crippen LogP contribution in [0.3, 0.4) is 0 Å². The van der Waals surface area contributed by atoms with Gasteiger partial charge >= 0.3 is 6.03 Å². The molecule has 1 aliphatic rings. The highest BCUT2D eigenvalue weighted by atomic mass is 35.5. The van der Waals surface area contributed by atoms with Crippen LogP contribution in [0.2, 0.25) is 5.15 Å². The quantitative estimate of drug-likeness (QED) is 0.588. The van der Waals surface area contributed by atoms with Crippen molar-refractivity contribution in [1.82, 2.24) is 19.7 Å². The summed E-state index contributed by atoms with van der Waals surface area (Å²) in [5, 5.41) is 7.37. The lowest BCUT2D eigenvalue weighted by molar-refractivity contribution is -0.0337. The van der Waals surface area contributed by atoms with Crippen molar-refractivity contribution in [2.45, 2.75) is 12.6 Å². The number of rotatable bonds is 6. The predicted molar refractivity (Wildman–Crippen MR) is 113 cm³/mol. The molecule has 1 unspecified atom stereocenters. The number of carbonyl (C=O) groups is 1. The average Bonchev–Trinajstić information content (AvgIpc) is 3.21. The molecule has 8 nitrogen and oxygen atoms in total. The van der Waals surface area contributed by atoms with E-state index in [0.29, 0.717) is 37.7 Å². The molecular formula is C21H21ClFN5O3. The predicted octanol–water partition coefficient (Wildman–Crippen LogP) is 3.43. The van der Waals surface area contributed by atoms with Gasteiger partial charge in [0.05, 0.1) is 31.6 Å². The molecule has 1 atom stereocenters. The second-order valence-electron chi connectivity index (χ2n) is 7.03. The topological polar surface area (TPSA) is 81.5 Å². The van der Waals surface area contributed by atoms with E-state index < -0.39 is 0 Å². The van der Waals surface area contributed by atoms with Crippen LogP contribution in [-0.4, -0.2) is 58.1 Å². The zero-order chi connectivity index (χ0) is 21.6. The zero-order valence-corrected chi connectivity index (χ0v) is 17.3. The molecule has 0 bridgehead atoms. The molecule has 162 valence electrons. The third-order valence-corrected chi connectivity index (χ3v) is 5.00. The third-order valence-electron chi connectivity index (χ3n) is 4.72. The van der Waals surface area contributed by atoms with Crippen molar-refractivity contribution in [2.75, 3.05) is 31.6 Å². The zero-order valence-electron chi connectivity index (χ0n) is 16.6. The van der Waals surface area contributed by atoms with E-state index in [2.05, 4.69) is 15.4 Å². The standard InChI is InChI=1S/C21H21ClFN5O3/c22-20-19(2-1-7-24-20)31-14-18-13-27(8-9-30-18)21(29)26-17-10-25-28(12-17)11-15-3-5-16(23)6-4-15/h1-7,10,12,18H,8-9,11,13-14H2,(H,26,29). The van der Waals surface area contributed by atoms with Gasteiger partial charge in [0.2, 0.25) is 0 Å². The van der Waals surface area contributed by atoms with Crippen LogP contribution in [0.15, 0.2) is 55.0 Å². The molecule has 0 radical (unpaired) electrons. The van der Waals surface area contributed by atoms with Crippen molar-refractivity contribution in [3.05, 3.63) is 71.5 Å². The number of nitrogens with zero attached hydrogens (tertiary/aromatic N) is 4. The molecule has 0 spiro atoms. The molecular weight excluding hydrogens is 425 g/mol. The summed E-state index contributed by atoms with van der Waals surface area (Å²) >= 11 is 6.00. The molecule has 3 aromatic rings. The average molecular weight is 446 g/mol. The fourth-order valence-corrected chi connectivity index (χ4v) is 3.33. The molecule has 31 heavy (non-hydrogen) atoms. The number of urea groups is 1. The number of ether oxygens (including phenoxy) is 2. The fraction of sp³-hybridized carbons (Fsp3) is 0.286.